The maximum Gasteiger partial charge on any atom is 0.159 e. The molecule has 1 saturated heterocycles. The summed E-state index contributed by atoms with van der Waals surface area (Å²) in [5.41, 5.74) is 3.31. The normalized spacial score (nSPS) is 15.3. The number of Topliss-reactive ketones (excluding diaryl/α,β-unsaturated/α-hetero) is 1. The number of nitrogens with zero attached hydrogens (tertiary/aromatic N) is 1. The Labute approximate surface area is 143 Å². The fourth-order valence-corrected chi connectivity index (χ4v) is 3.24. The van der Waals surface area contributed by atoms with Gasteiger partial charge in [-0.05, 0) is 43.3 Å². The Morgan fingerprint density at radius 1 is 1.12 bits per heavy atom. The Balaban J connectivity index is 1.56. The zero-order valence-corrected chi connectivity index (χ0v) is 14.4. The molecule has 1 heterocycles. The molecule has 0 aromatic heterocycles. The SMILES string of the molecule is COc1cccc(C[NH+]2CCN(c3ccc(C(C)=O)cc3)CC2)c1. The molecule has 4 heteroatoms. The molecule has 2 aromatic carbocycles. The number of carbonyl (C=O) groups is 1. The van der Waals surface area contributed by atoms with Crippen molar-refractivity contribution in [2.24, 2.45) is 0 Å². The summed E-state index contributed by atoms with van der Waals surface area (Å²) in [6, 6.07) is 16.3. The number of quaternary nitrogens is 1. The van der Waals surface area contributed by atoms with E-state index in [-0.39, 0.29) is 5.78 Å². The lowest BCUT2D eigenvalue weighted by molar-refractivity contribution is -0.914. The van der Waals surface area contributed by atoms with Gasteiger partial charge in [-0.3, -0.25) is 4.79 Å². The zero-order chi connectivity index (χ0) is 16.9. The van der Waals surface area contributed by atoms with Crippen LogP contribution in [0.5, 0.6) is 5.75 Å². The van der Waals surface area contributed by atoms with E-state index >= 15 is 0 Å². The van der Waals surface area contributed by atoms with Gasteiger partial charge in [-0.2, -0.15) is 0 Å². The Bertz CT molecular complexity index is 689. The molecular formula is C20H25N2O2+. The van der Waals surface area contributed by atoms with Gasteiger partial charge in [0.25, 0.3) is 0 Å². The molecule has 1 aliphatic rings. The molecule has 1 fully saturated rings. The second kappa shape index (κ2) is 7.49. The van der Waals surface area contributed by atoms with E-state index in [2.05, 4.69) is 35.2 Å². The van der Waals surface area contributed by atoms with Crippen molar-refractivity contribution in [3.05, 3.63) is 59.7 Å². The van der Waals surface area contributed by atoms with E-state index in [0.717, 1.165) is 44.0 Å². The summed E-state index contributed by atoms with van der Waals surface area (Å²) in [4.78, 5) is 15.4. The molecule has 3 rings (SSSR count). The van der Waals surface area contributed by atoms with Crippen molar-refractivity contribution in [1.82, 2.24) is 0 Å². The van der Waals surface area contributed by atoms with Gasteiger partial charge in [0.15, 0.2) is 5.78 Å². The van der Waals surface area contributed by atoms with Crippen LogP contribution in [0.4, 0.5) is 5.69 Å². The molecule has 4 nitrogen and oxygen atoms in total. The molecule has 24 heavy (non-hydrogen) atoms. The molecule has 0 aliphatic carbocycles. The molecule has 0 radical (unpaired) electrons. The number of nitrogens with one attached hydrogen (secondary N) is 1. The lowest BCUT2D eigenvalue weighted by Crippen LogP contribution is -3.13. The van der Waals surface area contributed by atoms with Crippen molar-refractivity contribution in [3.63, 3.8) is 0 Å². The topological polar surface area (TPSA) is 34.0 Å². The minimum atomic E-state index is 0.120. The van der Waals surface area contributed by atoms with Crippen LogP contribution in [0.1, 0.15) is 22.8 Å². The molecule has 2 aromatic rings. The molecule has 0 saturated carbocycles. The maximum atomic E-state index is 11.4. The molecule has 0 bridgehead atoms. The highest BCUT2D eigenvalue weighted by atomic mass is 16.5. The third-order valence-corrected chi connectivity index (χ3v) is 4.70. The van der Waals surface area contributed by atoms with Crippen LogP contribution in [0.25, 0.3) is 0 Å². The first-order chi connectivity index (χ1) is 11.7. The second-order valence-corrected chi connectivity index (χ2v) is 6.37. The number of hydrogen-bond donors (Lipinski definition) is 1. The summed E-state index contributed by atoms with van der Waals surface area (Å²) >= 11 is 0. The van der Waals surface area contributed by atoms with Crippen molar-refractivity contribution in [3.8, 4) is 5.75 Å². The van der Waals surface area contributed by atoms with Gasteiger partial charge < -0.3 is 14.5 Å². The summed E-state index contributed by atoms with van der Waals surface area (Å²) in [5, 5.41) is 0. The van der Waals surface area contributed by atoms with Gasteiger partial charge in [-0.25, -0.2) is 0 Å². The monoisotopic (exact) mass is 325 g/mol. The highest BCUT2D eigenvalue weighted by Gasteiger charge is 2.20. The van der Waals surface area contributed by atoms with Gasteiger partial charge >= 0.3 is 0 Å². The van der Waals surface area contributed by atoms with Gasteiger partial charge in [0, 0.05) is 16.8 Å². The van der Waals surface area contributed by atoms with E-state index < -0.39 is 0 Å². The smallest absolute Gasteiger partial charge is 0.159 e. The summed E-state index contributed by atoms with van der Waals surface area (Å²) in [7, 11) is 1.71. The van der Waals surface area contributed by atoms with E-state index in [1.54, 1.807) is 18.9 Å². The van der Waals surface area contributed by atoms with Crippen LogP contribution < -0.4 is 14.5 Å². The van der Waals surface area contributed by atoms with E-state index in [4.69, 9.17) is 4.74 Å². The fourth-order valence-electron chi connectivity index (χ4n) is 3.24. The predicted octanol–water partition coefficient (Wildman–Crippen LogP) is 1.80. The number of ether oxygens (including phenoxy) is 1. The first-order valence-corrected chi connectivity index (χ1v) is 8.48. The Kier molecular flexibility index (Phi) is 5.16. The van der Waals surface area contributed by atoms with E-state index in [9.17, 15) is 4.79 Å². The quantitative estimate of drug-likeness (QED) is 0.851. The van der Waals surface area contributed by atoms with E-state index in [1.165, 1.54) is 11.3 Å². The largest absolute Gasteiger partial charge is 0.497 e. The standard InChI is InChI=1S/C20H24N2O2/c1-16(23)18-6-8-19(9-7-18)22-12-10-21(11-13-22)15-17-4-3-5-20(14-17)24-2/h3-9,14H,10-13,15H2,1-2H3/p+1. The van der Waals surface area contributed by atoms with Gasteiger partial charge in [0.05, 0.1) is 33.3 Å². The number of anilines is 1. The lowest BCUT2D eigenvalue weighted by atomic mass is 10.1. The summed E-state index contributed by atoms with van der Waals surface area (Å²) in [6.45, 7) is 6.96. The molecule has 0 spiro atoms. The number of ketones is 1. The lowest BCUT2D eigenvalue weighted by Gasteiger charge is -2.33. The summed E-state index contributed by atoms with van der Waals surface area (Å²) in [5.74, 6) is 1.05. The number of hydrogen-bond acceptors (Lipinski definition) is 3. The van der Waals surface area contributed by atoms with Crippen LogP contribution >= 0.6 is 0 Å². The van der Waals surface area contributed by atoms with Gasteiger partial charge in [-0.1, -0.05) is 12.1 Å². The predicted molar refractivity (Wildman–Crippen MR) is 96.1 cm³/mol. The Hall–Kier alpha value is -2.33. The third-order valence-electron chi connectivity index (χ3n) is 4.70. The minimum Gasteiger partial charge on any atom is -0.497 e. The average molecular weight is 325 g/mol. The fraction of sp³-hybridized carbons (Fsp3) is 0.350. The number of rotatable bonds is 5. The van der Waals surface area contributed by atoms with Gasteiger partial charge in [0.2, 0.25) is 0 Å². The number of piperazine rings is 1. The number of benzene rings is 2. The van der Waals surface area contributed by atoms with Crippen LogP contribution in [0, 0.1) is 0 Å². The molecule has 0 atom stereocenters. The molecule has 126 valence electrons. The molecular weight excluding hydrogens is 300 g/mol. The van der Waals surface area contributed by atoms with Crippen molar-refractivity contribution in [2.45, 2.75) is 13.5 Å². The summed E-state index contributed by atoms with van der Waals surface area (Å²) < 4.78 is 5.30. The highest BCUT2D eigenvalue weighted by molar-refractivity contribution is 5.94. The van der Waals surface area contributed by atoms with Crippen molar-refractivity contribution < 1.29 is 14.4 Å². The van der Waals surface area contributed by atoms with Crippen molar-refractivity contribution in [1.29, 1.82) is 0 Å². The first kappa shape index (κ1) is 16.5. The van der Waals surface area contributed by atoms with Crippen LogP contribution in [-0.2, 0) is 6.54 Å². The Morgan fingerprint density at radius 3 is 2.46 bits per heavy atom. The minimum absolute atomic E-state index is 0.120. The second-order valence-electron chi connectivity index (χ2n) is 6.37. The molecule has 1 aliphatic heterocycles. The van der Waals surface area contributed by atoms with Crippen LogP contribution in [0.15, 0.2) is 48.5 Å². The van der Waals surface area contributed by atoms with Gasteiger partial charge in [-0.15, -0.1) is 0 Å². The van der Waals surface area contributed by atoms with Crippen LogP contribution in [-0.4, -0.2) is 39.1 Å². The first-order valence-electron chi connectivity index (χ1n) is 8.48. The van der Waals surface area contributed by atoms with Gasteiger partial charge in [0.1, 0.15) is 12.3 Å². The van der Waals surface area contributed by atoms with E-state index in [1.807, 2.05) is 18.2 Å². The third kappa shape index (κ3) is 3.95. The molecule has 0 unspecified atom stereocenters. The average Bonchev–Trinajstić information content (AvgIpc) is 2.62. The highest BCUT2D eigenvalue weighted by Crippen LogP contribution is 2.16. The summed E-state index contributed by atoms with van der Waals surface area (Å²) in [6.07, 6.45) is 0. The molecule has 1 N–H and O–H groups in total. The zero-order valence-electron chi connectivity index (χ0n) is 14.4. The van der Waals surface area contributed by atoms with Crippen LogP contribution in [0.2, 0.25) is 0 Å². The van der Waals surface area contributed by atoms with Crippen molar-refractivity contribution in [2.75, 3.05) is 38.2 Å². The molecule has 0 amide bonds. The van der Waals surface area contributed by atoms with E-state index in [0.29, 0.717) is 0 Å². The number of carbonyl (C=O) groups excluding carboxylic acids is 1. The Morgan fingerprint density at radius 2 is 1.83 bits per heavy atom. The van der Waals surface area contributed by atoms with Crippen LogP contribution in [0.3, 0.4) is 0 Å². The maximum absolute atomic E-state index is 11.4. The van der Waals surface area contributed by atoms with Crippen molar-refractivity contribution >= 4 is 11.5 Å². The number of methoxy groups -OCH3 is 1.